The minimum atomic E-state index is -0.949. The van der Waals surface area contributed by atoms with Crippen LogP contribution in [-0.4, -0.2) is 50.3 Å². The summed E-state index contributed by atoms with van der Waals surface area (Å²) in [7, 11) is 1.24. The first-order valence-electron chi connectivity index (χ1n) is 10.5. The maximum absolute atomic E-state index is 12.2. The van der Waals surface area contributed by atoms with Crippen molar-refractivity contribution in [3.8, 4) is 0 Å². The highest BCUT2D eigenvalue weighted by Crippen LogP contribution is 2.43. The Morgan fingerprint density at radius 1 is 1.24 bits per heavy atom. The quantitative estimate of drug-likeness (QED) is 0.325. The first kappa shape index (κ1) is 23.8. The van der Waals surface area contributed by atoms with Gasteiger partial charge in [0.1, 0.15) is 33.3 Å². The lowest BCUT2D eigenvalue weighted by Gasteiger charge is -2.40. The van der Waals surface area contributed by atoms with E-state index in [0.29, 0.717) is 33.1 Å². The van der Waals surface area contributed by atoms with E-state index in [4.69, 9.17) is 8.85 Å². The Morgan fingerprint density at radius 3 is 2.38 bits per heavy atom. The van der Waals surface area contributed by atoms with Gasteiger partial charge in [0.15, 0.2) is 0 Å². The van der Waals surface area contributed by atoms with E-state index in [2.05, 4.69) is 20.8 Å². The van der Waals surface area contributed by atoms with Crippen LogP contribution in [0.1, 0.15) is 70.8 Å². The highest BCUT2D eigenvalue weighted by atomic mass is 28.2. The van der Waals surface area contributed by atoms with Gasteiger partial charge in [0.25, 0.3) is 0 Å². The summed E-state index contributed by atoms with van der Waals surface area (Å²) in [4.78, 5) is 25.2. The van der Waals surface area contributed by atoms with Crippen LogP contribution in [0.25, 0.3) is 0 Å². The summed E-state index contributed by atoms with van der Waals surface area (Å²) in [5, 5.41) is 9.43. The van der Waals surface area contributed by atoms with Gasteiger partial charge in [0.05, 0.1) is 0 Å². The van der Waals surface area contributed by atoms with Crippen molar-refractivity contribution in [2.75, 3.05) is 4.90 Å². The molecule has 1 saturated heterocycles. The molecule has 29 heavy (non-hydrogen) atoms. The standard InChI is InChI=1S/C21H35NO5Si2/c1-4-5-6-7-16(21(2,3)20(26-28)27-29)14-8-10-15(11-9-14)22-17(19(24)25)12-13-18(22)23/h8-11,16-17,20H,4-7,12-13H2,1-3,28-29H3,(H,24,25)/t16-,17+/m0/s1. The van der Waals surface area contributed by atoms with Gasteiger partial charge in [-0.05, 0) is 36.5 Å². The highest BCUT2D eigenvalue weighted by molar-refractivity contribution is 6.02. The Balaban J connectivity index is 2.32. The molecule has 0 aliphatic carbocycles. The molecular formula is C21H35NO5Si2. The van der Waals surface area contributed by atoms with E-state index in [9.17, 15) is 14.7 Å². The number of carbonyl (C=O) groups excluding carboxylic acids is 1. The van der Waals surface area contributed by atoms with E-state index in [0.717, 1.165) is 19.3 Å². The zero-order valence-corrected chi connectivity index (χ0v) is 22.3. The van der Waals surface area contributed by atoms with Crippen molar-refractivity contribution in [2.24, 2.45) is 5.41 Å². The molecule has 1 N–H and O–H groups in total. The summed E-state index contributed by atoms with van der Waals surface area (Å²) >= 11 is 0. The second-order valence-electron chi connectivity index (χ2n) is 8.42. The Labute approximate surface area is 180 Å². The summed E-state index contributed by atoms with van der Waals surface area (Å²) < 4.78 is 11.5. The molecule has 0 unspecified atom stereocenters. The van der Waals surface area contributed by atoms with Crippen molar-refractivity contribution in [1.29, 1.82) is 0 Å². The first-order valence-corrected chi connectivity index (χ1v) is 12.1. The SMILES string of the molecule is CCCCC[C@@H](c1ccc(N2C(=O)CC[C@@H]2C(=O)O)cc1)C(C)(C)C(O[SiH3])O[SiH3]. The van der Waals surface area contributed by atoms with Crippen LogP contribution in [-0.2, 0) is 18.4 Å². The lowest BCUT2D eigenvalue weighted by atomic mass is 9.72. The smallest absolute Gasteiger partial charge is 0.326 e. The van der Waals surface area contributed by atoms with Crippen molar-refractivity contribution >= 4 is 38.5 Å². The largest absolute Gasteiger partial charge is 0.480 e. The molecule has 0 spiro atoms. The van der Waals surface area contributed by atoms with Crippen LogP contribution >= 0.6 is 0 Å². The molecule has 0 bridgehead atoms. The third kappa shape index (κ3) is 5.36. The van der Waals surface area contributed by atoms with Gasteiger partial charge in [-0.3, -0.25) is 9.69 Å². The number of nitrogens with zero attached hydrogens (tertiary/aromatic N) is 1. The number of carbonyl (C=O) groups is 2. The Hall–Kier alpha value is -1.49. The molecular weight excluding hydrogens is 402 g/mol. The molecule has 0 aromatic heterocycles. The van der Waals surface area contributed by atoms with Gasteiger partial charge in [-0.15, -0.1) is 0 Å². The number of hydrogen-bond donors (Lipinski definition) is 1. The Bertz CT molecular complexity index is 691. The fourth-order valence-corrected chi connectivity index (χ4v) is 6.53. The highest BCUT2D eigenvalue weighted by Gasteiger charge is 2.39. The molecule has 0 radical (unpaired) electrons. The summed E-state index contributed by atoms with van der Waals surface area (Å²) in [5.41, 5.74) is 1.64. The van der Waals surface area contributed by atoms with Gasteiger partial charge in [-0.25, -0.2) is 4.79 Å². The molecule has 1 aliphatic heterocycles. The van der Waals surface area contributed by atoms with E-state index in [1.807, 2.05) is 24.3 Å². The summed E-state index contributed by atoms with van der Waals surface area (Å²) in [6.07, 6.45) is 4.94. The molecule has 2 rings (SSSR count). The van der Waals surface area contributed by atoms with Gasteiger partial charge in [-0.1, -0.05) is 52.2 Å². The zero-order valence-electron chi connectivity index (χ0n) is 18.3. The average molecular weight is 438 g/mol. The Kier molecular flexibility index (Phi) is 8.63. The Morgan fingerprint density at radius 2 is 1.86 bits per heavy atom. The van der Waals surface area contributed by atoms with Crippen molar-refractivity contribution in [2.45, 2.75) is 77.5 Å². The molecule has 1 aromatic rings. The molecule has 1 fully saturated rings. The third-order valence-corrected chi connectivity index (χ3v) is 6.96. The second-order valence-corrected chi connectivity index (χ2v) is 9.36. The molecule has 6 nitrogen and oxygen atoms in total. The van der Waals surface area contributed by atoms with Crippen LogP contribution in [0.15, 0.2) is 24.3 Å². The molecule has 1 amide bonds. The van der Waals surface area contributed by atoms with Crippen molar-refractivity contribution in [3.05, 3.63) is 29.8 Å². The van der Waals surface area contributed by atoms with Crippen LogP contribution < -0.4 is 4.90 Å². The van der Waals surface area contributed by atoms with Crippen molar-refractivity contribution < 1.29 is 23.5 Å². The minimum absolute atomic E-state index is 0.126. The molecule has 162 valence electrons. The number of carboxylic acids is 1. The van der Waals surface area contributed by atoms with Crippen molar-refractivity contribution in [1.82, 2.24) is 0 Å². The number of amides is 1. The molecule has 0 saturated carbocycles. The lowest BCUT2D eigenvalue weighted by Crippen LogP contribution is -2.39. The zero-order chi connectivity index (χ0) is 21.6. The number of anilines is 1. The predicted molar refractivity (Wildman–Crippen MR) is 121 cm³/mol. The lowest BCUT2D eigenvalue weighted by molar-refractivity contribution is -0.138. The van der Waals surface area contributed by atoms with E-state index >= 15 is 0 Å². The molecule has 1 heterocycles. The number of hydrogen-bond acceptors (Lipinski definition) is 4. The maximum Gasteiger partial charge on any atom is 0.326 e. The van der Waals surface area contributed by atoms with Crippen LogP contribution in [0.3, 0.4) is 0 Å². The number of rotatable bonds is 11. The fourth-order valence-electron chi connectivity index (χ4n) is 4.54. The van der Waals surface area contributed by atoms with Gasteiger partial charge in [0, 0.05) is 17.5 Å². The number of aliphatic carboxylic acids is 1. The van der Waals surface area contributed by atoms with Crippen LogP contribution in [0, 0.1) is 5.41 Å². The van der Waals surface area contributed by atoms with Gasteiger partial charge in [-0.2, -0.15) is 0 Å². The van der Waals surface area contributed by atoms with E-state index < -0.39 is 12.0 Å². The van der Waals surface area contributed by atoms with Gasteiger partial charge < -0.3 is 14.0 Å². The molecule has 2 atom stereocenters. The monoisotopic (exact) mass is 437 g/mol. The molecule has 1 aromatic carbocycles. The van der Waals surface area contributed by atoms with E-state index in [1.54, 1.807) is 0 Å². The van der Waals surface area contributed by atoms with E-state index in [-0.39, 0.29) is 30.0 Å². The minimum Gasteiger partial charge on any atom is -0.480 e. The average Bonchev–Trinajstić information content (AvgIpc) is 3.08. The van der Waals surface area contributed by atoms with Crippen LogP contribution in [0.4, 0.5) is 5.69 Å². The van der Waals surface area contributed by atoms with Gasteiger partial charge >= 0.3 is 5.97 Å². The topological polar surface area (TPSA) is 76.1 Å². The maximum atomic E-state index is 12.2. The molecule has 8 heteroatoms. The molecule has 1 aliphatic rings. The first-order chi connectivity index (χ1) is 13.8. The normalized spacial score (nSPS) is 19.6. The van der Waals surface area contributed by atoms with Crippen molar-refractivity contribution in [3.63, 3.8) is 0 Å². The predicted octanol–water partition coefficient (Wildman–Crippen LogP) is 1.88. The number of unbranched alkanes of at least 4 members (excludes halogenated alkanes) is 2. The summed E-state index contributed by atoms with van der Waals surface area (Å²) in [6, 6.07) is 7.07. The summed E-state index contributed by atoms with van der Waals surface area (Å²) in [5.74, 6) is -0.825. The van der Waals surface area contributed by atoms with Gasteiger partial charge in [0.2, 0.25) is 5.91 Å². The second kappa shape index (κ2) is 10.5. The fraction of sp³-hybridized carbons (Fsp3) is 0.619. The van der Waals surface area contributed by atoms with E-state index in [1.165, 1.54) is 16.9 Å². The number of benzene rings is 1. The summed E-state index contributed by atoms with van der Waals surface area (Å²) in [6.45, 7) is 6.59. The van der Waals surface area contributed by atoms with Crippen LogP contribution in [0.5, 0.6) is 0 Å². The van der Waals surface area contributed by atoms with Crippen LogP contribution in [0.2, 0.25) is 0 Å². The number of carboxylic acid groups (broad SMARTS) is 1. The third-order valence-electron chi connectivity index (χ3n) is 6.10.